The molecule has 3 fully saturated rings. The smallest absolute Gasteiger partial charge is 0.274 e. The zero-order chi connectivity index (χ0) is 22.6. The van der Waals surface area contributed by atoms with Gasteiger partial charge in [0.2, 0.25) is 5.91 Å². The number of amides is 2. The number of carbonyl (C=O) groups is 2. The molecule has 176 valence electrons. The second-order valence-electron chi connectivity index (χ2n) is 9.92. The minimum Gasteiger partial charge on any atom is -0.340 e. The summed E-state index contributed by atoms with van der Waals surface area (Å²) in [5.41, 5.74) is 2.97. The Morgan fingerprint density at radius 3 is 2.52 bits per heavy atom. The Labute approximate surface area is 196 Å². The van der Waals surface area contributed by atoms with E-state index in [1.54, 1.807) is 0 Å². The lowest BCUT2D eigenvalue weighted by Gasteiger charge is -2.36. The number of carbonyl (C=O) groups excluding carboxylic acids is 2. The van der Waals surface area contributed by atoms with Gasteiger partial charge in [0.25, 0.3) is 5.91 Å². The van der Waals surface area contributed by atoms with E-state index in [4.69, 9.17) is 0 Å². The number of nitrogens with one attached hydrogen (secondary N) is 1. The van der Waals surface area contributed by atoms with Crippen LogP contribution in [0.2, 0.25) is 0 Å². The third-order valence-electron chi connectivity index (χ3n) is 7.38. The highest BCUT2D eigenvalue weighted by Crippen LogP contribution is 2.39. The Morgan fingerprint density at radius 2 is 1.76 bits per heavy atom. The van der Waals surface area contributed by atoms with Gasteiger partial charge < -0.3 is 9.80 Å². The van der Waals surface area contributed by atoms with Gasteiger partial charge in [0.1, 0.15) is 5.69 Å². The Morgan fingerprint density at radius 1 is 0.970 bits per heavy atom. The first-order chi connectivity index (χ1) is 16.2. The fraction of sp³-hybridized carbons (Fsp3) is 0.577. The van der Waals surface area contributed by atoms with Gasteiger partial charge in [-0.15, -0.1) is 0 Å². The molecule has 7 nitrogen and oxygen atoms in total. The first-order valence-electron chi connectivity index (χ1n) is 12.5. The number of aromatic amines is 1. The lowest BCUT2D eigenvalue weighted by atomic mass is 9.93. The number of nitrogens with zero attached hydrogens (tertiary/aromatic N) is 4. The van der Waals surface area contributed by atoms with Gasteiger partial charge in [0, 0.05) is 63.8 Å². The lowest BCUT2D eigenvalue weighted by Crippen LogP contribution is -2.48. The predicted octanol–water partition coefficient (Wildman–Crippen LogP) is 3.26. The van der Waals surface area contributed by atoms with E-state index < -0.39 is 0 Å². The van der Waals surface area contributed by atoms with Crippen molar-refractivity contribution in [3.05, 3.63) is 53.3 Å². The molecule has 7 heteroatoms. The zero-order valence-corrected chi connectivity index (χ0v) is 19.4. The molecular weight excluding hydrogens is 414 g/mol. The molecule has 3 heterocycles. The van der Waals surface area contributed by atoms with Gasteiger partial charge in [-0.05, 0) is 49.7 Å². The van der Waals surface area contributed by atoms with E-state index >= 15 is 0 Å². The summed E-state index contributed by atoms with van der Waals surface area (Å²) >= 11 is 0. The van der Waals surface area contributed by atoms with E-state index in [1.807, 2.05) is 21.9 Å². The molecule has 1 saturated carbocycles. The molecule has 1 unspecified atom stereocenters. The molecule has 1 N–H and O–H groups in total. The van der Waals surface area contributed by atoms with E-state index in [1.165, 1.54) is 18.4 Å². The van der Waals surface area contributed by atoms with Crippen LogP contribution in [0.25, 0.3) is 0 Å². The standard InChI is InChI=1S/C26H35N5O2/c32-25(30-15-13-29(14-16-30)18-20-5-2-1-3-6-20)11-8-21-7-4-12-31(19-21)26(33)24-17-23(27-28-24)22-9-10-22/h1-3,5-6,17,21-22H,4,7-16,18-19H2,(H,27,28). The maximum atomic E-state index is 12.9. The summed E-state index contributed by atoms with van der Waals surface area (Å²) < 4.78 is 0. The normalized spacial score (nSPS) is 21.9. The third kappa shape index (κ3) is 5.64. The molecule has 1 aliphatic carbocycles. The number of H-pyrrole nitrogens is 1. The summed E-state index contributed by atoms with van der Waals surface area (Å²) in [4.78, 5) is 32.1. The minimum absolute atomic E-state index is 0.0312. The predicted molar refractivity (Wildman–Crippen MR) is 127 cm³/mol. The van der Waals surface area contributed by atoms with Crippen LogP contribution in [0.3, 0.4) is 0 Å². The molecule has 0 bridgehead atoms. The van der Waals surface area contributed by atoms with Crippen LogP contribution < -0.4 is 0 Å². The van der Waals surface area contributed by atoms with Crippen LogP contribution >= 0.6 is 0 Å². The van der Waals surface area contributed by atoms with Gasteiger partial charge in [-0.1, -0.05) is 30.3 Å². The Balaban J connectivity index is 1.05. The van der Waals surface area contributed by atoms with Gasteiger partial charge >= 0.3 is 0 Å². The highest BCUT2D eigenvalue weighted by Gasteiger charge is 2.30. The van der Waals surface area contributed by atoms with Crippen LogP contribution in [-0.2, 0) is 11.3 Å². The number of likely N-dealkylation sites (tertiary alicyclic amines) is 1. The Hall–Kier alpha value is -2.67. The molecule has 3 aliphatic rings. The van der Waals surface area contributed by atoms with Crippen LogP contribution in [0.1, 0.15) is 66.2 Å². The summed E-state index contributed by atoms with van der Waals surface area (Å²) in [6.07, 6.45) is 5.92. The molecule has 0 radical (unpaired) electrons. The number of hydrogen-bond acceptors (Lipinski definition) is 4. The average Bonchev–Trinajstić information content (AvgIpc) is 3.60. The third-order valence-corrected chi connectivity index (χ3v) is 7.38. The molecule has 1 atom stereocenters. The van der Waals surface area contributed by atoms with E-state index in [0.29, 0.717) is 24.0 Å². The topological polar surface area (TPSA) is 72.5 Å². The van der Waals surface area contributed by atoms with Crippen molar-refractivity contribution in [2.45, 2.75) is 51.0 Å². The summed E-state index contributed by atoms with van der Waals surface area (Å²) in [5.74, 6) is 1.26. The molecule has 2 aliphatic heterocycles. The van der Waals surface area contributed by atoms with Crippen molar-refractivity contribution in [1.82, 2.24) is 24.9 Å². The molecule has 1 aromatic heterocycles. The van der Waals surface area contributed by atoms with Gasteiger partial charge in [0.15, 0.2) is 0 Å². The number of benzene rings is 1. The zero-order valence-electron chi connectivity index (χ0n) is 19.4. The highest BCUT2D eigenvalue weighted by atomic mass is 16.2. The van der Waals surface area contributed by atoms with Crippen molar-refractivity contribution < 1.29 is 9.59 Å². The molecule has 33 heavy (non-hydrogen) atoms. The van der Waals surface area contributed by atoms with E-state index in [9.17, 15) is 9.59 Å². The molecular formula is C26H35N5O2. The average molecular weight is 450 g/mol. The van der Waals surface area contributed by atoms with Gasteiger partial charge in [-0.3, -0.25) is 19.6 Å². The van der Waals surface area contributed by atoms with Crippen molar-refractivity contribution in [2.24, 2.45) is 5.92 Å². The summed E-state index contributed by atoms with van der Waals surface area (Å²) in [7, 11) is 0. The number of hydrogen-bond donors (Lipinski definition) is 1. The van der Waals surface area contributed by atoms with E-state index in [-0.39, 0.29) is 11.8 Å². The van der Waals surface area contributed by atoms with Crippen molar-refractivity contribution in [3.63, 3.8) is 0 Å². The Kier molecular flexibility index (Phi) is 6.76. The summed E-state index contributed by atoms with van der Waals surface area (Å²) in [6.45, 7) is 5.96. The lowest BCUT2D eigenvalue weighted by molar-refractivity contribution is -0.133. The minimum atomic E-state index is 0.0312. The monoisotopic (exact) mass is 449 g/mol. The van der Waals surface area contributed by atoms with E-state index in [2.05, 4.69) is 39.4 Å². The Bertz CT molecular complexity index is 947. The quantitative estimate of drug-likeness (QED) is 0.704. The summed E-state index contributed by atoms with van der Waals surface area (Å²) in [6, 6.07) is 12.5. The number of rotatable bonds is 7. The fourth-order valence-corrected chi connectivity index (χ4v) is 5.18. The first-order valence-corrected chi connectivity index (χ1v) is 12.5. The maximum absolute atomic E-state index is 12.9. The molecule has 2 aromatic rings. The molecule has 2 amide bonds. The largest absolute Gasteiger partial charge is 0.340 e. The number of piperazine rings is 1. The van der Waals surface area contributed by atoms with Gasteiger partial charge in [0.05, 0.1) is 0 Å². The van der Waals surface area contributed by atoms with Crippen LogP contribution in [0, 0.1) is 5.92 Å². The molecule has 5 rings (SSSR count). The highest BCUT2D eigenvalue weighted by molar-refractivity contribution is 5.92. The van der Waals surface area contributed by atoms with E-state index in [0.717, 1.165) is 70.8 Å². The van der Waals surface area contributed by atoms with Gasteiger partial charge in [-0.25, -0.2) is 0 Å². The van der Waals surface area contributed by atoms with Crippen molar-refractivity contribution in [1.29, 1.82) is 0 Å². The van der Waals surface area contributed by atoms with Crippen molar-refractivity contribution in [2.75, 3.05) is 39.3 Å². The molecule has 0 spiro atoms. The summed E-state index contributed by atoms with van der Waals surface area (Å²) in [5, 5.41) is 7.31. The van der Waals surface area contributed by atoms with Crippen LogP contribution in [0.15, 0.2) is 36.4 Å². The first kappa shape index (κ1) is 22.1. The van der Waals surface area contributed by atoms with Crippen LogP contribution in [-0.4, -0.2) is 76.0 Å². The number of piperidine rings is 1. The fourth-order valence-electron chi connectivity index (χ4n) is 5.18. The molecule has 1 aromatic carbocycles. The van der Waals surface area contributed by atoms with Crippen molar-refractivity contribution in [3.8, 4) is 0 Å². The second-order valence-corrected chi connectivity index (χ2v) is 9.92. The van der Waals surface area contributed by atoms with Crippen molar-refractivity contribution >= 4 is 11.8 Å². The second kappa shape index (κ2) is 10.1. The van der Waals surface area contributed by atoms with Gasteiger partial charge in [-0.2, -0.15) is 5.10 Å². The van der Waals surface area contributed by atoms with Crippen LogP contribution in [0.4, 0.5) is 0 Å². The van der Waals surface area contributed by atoms with Crippen LogP contribution in [0.5, 0.6) is 0 Å². The number of aromatic nitrogens is 2. The maximum Gasteiger partial charge on any atom is 0.274 e. The molecule has 2 saturated heterocycles. The SMILES string of the molecule is O=C(CCC1CCCN(C(=O)c2cc(C3CC3)[nH]n2)C1)N1CCN(Cc2ccccc2)CC1.